The number of nitrogens with one attached hydrogen (secondary N) is 1. The van der Waals surface area contributed by atoms with Gasteiger partial charge < -0.3 is 14.6 Å². The van der Waals surface area contributed by atoms with Crippen LogP contribution in [0.4, 0.5) is 0 Å². The summed E-state index contributed by atoms with van der Waals surface area (Å²) in [7, 11) is 1.55. The quantitative estimate of drug-likeness (QED) is 0.881. The molecule has 1 aromatic carbocycles. The van der Waals surface area contributed by atoms with E-state index in [-0.39, 0.29) is 12.5 Å². The minimum atomic E-state index is -0.212. The molecule has 1 amide bonds. The fourth-order valence-electron chi connectivity index (χ4n) is 1.44. The summed E-state index contributed by atoms with van der Waals surface area (Å²) in [6.07, 6.45) is 0. The molecule has 1 N–H and O–H groups in total. The average Bonchev–Trinajstić information content (AvgIpc) is 2.82. The number of ether oxygens (including phenoxy) is 1. The molecule has 94 valence electrons. The van der Waals surface area contributed by atoms with Gasteiger partial charge >= 0.3 is 0 Å². The molecule has 0 atom stereocenters. The molecule has 18 heavy (non-hydrogen) atoms. The molecular formula is C12H13N3O3. The van der Waals surface area contributed by atoms with Crippen LogP contribution in [-0.4, -0.2) is 23.2 Å². The molecule has 0 radical (unpaired) electrons. The van der Waals surface area contributed by atoms with Crippen molar-refractivity contribution in [3.05, 3.63) is 41.5 Å². The number of carbonyl (C=O) groups excluding carboxylic acids is 1. The van der Waals surface area contributed by atoms with Gasteiger partial charge in [0, 0.05) is 12.5 Å². The second kappa shape index (κ2) is 5.31. The van der Waals surface area contributed by atoms with Crippen LogP contribution < -0.4 is 10.1 Å². The highest BCUT2D eigenvalue weighted by molar-refractivity contribution is 5.94. The fourth-order valence-corrected chi connectivity index (χ4v) is 1.44. The predicted molar refractivity (Wildman–Crippen MR) is 63.2 cm³/mol. The molecule has 2 rings (SSSR count). The maximum Gasteiger partial charge on any atom is 0.251 e. The highest BCUT2D eigenvalue weighted by Gasteiger charge is 2.08. The first kappa shape index (κ1) is 12.1. The van der Waals surface area contributed by atoms with Crippen molar-refractivity contribution in [2.45, 2.75) is 13.5 Å². The minimum absolute atomic E-state index is 0.212. The zero-order valence-corrected chi connectivity index (χ0v) is 10.1. The van der Waals surface area contributed by atoms with Gasteiger partial charge in [-0.05, 0) is 18.2 Å². The van der Waals surface area contributed by atoms with Crippen LogP contribution in [0.25, 0.3) is 0 Å². The van der Waals surface area contributed by atoms with Gasteiger partial charge in [-0.1, -0.05) is 11.2 Å². The summed E-state index contributed by atoms with van der Waals surface area (Å²) >= 11 is 0. The van der Waals surface area contributed by atoms with Gasteiger partial charge in [-0.15, -0.1) is 0 Å². The van der Waals surface area contributed by atoms with E-state index in [1.165, 1.54) is 0 Å². The van der Waals surface area contributed by atoms with E-state index >= 15 is 0 Å². The lowest BCUT2D eigenvalue weighted by atomic mass is 10.2. The molecule has 0 aliphatic rings. The van der Waals surface area contributed by atoms with E-state index in [4.69, 9.17) is 9.26 Å². The Kier molecular flexibility index (Phi) is 3.57. The molecule has 6 nitrogen and oxygen atoms in total. The molecule has 0 spiro atoms. The third-order valence-corrected chi connectivity index (χ3v) is 2.31. The number of aryl methyl sites for hydroxylation is 1. The topological polar surface area (TPSA) is 77.2 Å². The first-order valence-electron chi connectivity index (χ1n) is 5.40. The number of carbonyl (C=O) groups is 1. The largest absolute Gasteiger partial charge is 0.497 e. The van der Waals surface area contributed by atoms with Crippen molar-refractivity contribution in [2.24, 2.45) is 0 Å². The first-order chi connectivity index (χ1) is 8.69. The molecule has 2 aromatic rings. The Morgan fingerprint density at radius 3 is 3.00 bits per heavy atom. The molecule has 0 aliphatic heterocycles. The molecule has 0 bridgehead atoms. The third kappa shape index (κ3) is 2.85. The van der Waals surface area contributed by atoms with E-state index in [9.17, 15) is 4.79 Å². The number of hydrogen-bond donors (Lipinski definition) is 1. The van der Waals surface area contributed by atoms with Crippen LogP contribution >= 0.6 is 0 Å². The summed E-state index contributed by atoms with van der Waals surface area (Å²) in [5, 5.41) is 6.39. The van der Waals surface area contributed by atoms with Gasteiger partial charge in [-0.25, -0.2) is 0 Å². The van der Waals surface area contributed by atoms with Gasteiger partial charge in [0.25, 0.3) is 5.91 Å². The van der Waals surface area contributed by atoms with Crippen molar-refractivity contribution in [2.75, 3.05) is 7.11 Å². The minimum Gasteiger partial charge on any atom is -0.497 e. The molecule has 0 unspecified atom stereocenters. The van der Waals surface area contributed by atoms with Gasteiger partial charge in [-0.2, -0.15) is 4.98 Å². The van der Waals surface area contributed by atoms with Crippen molar-refractivity contribution >= 4 is 5.91 Å². The maximum atomic E-state index is 11.8. The molecular weight excluding hydrogens is 234 g/mol. The van der Waals surface area contributed by atoms with Crippen LogP contribution in [0.1, 0.15) is 22.1 Å². The lowest BCUT2D eigenvalue weighted by molar-refractivity contribution is 0.0949. The van der Waals surface area contributed by atoms with Crippen molar-refractivity contribution < 1.29 is 14.1 Å². The monoisotopic (exact) mass is 247 g/mol. The zero-order chi connectivity index (χ0) is 13.0. The number of nitrogens with zero attached hydrogens (tertiary/aromatic N) is 2. The second-order valence-electron chi connectivity index (χ2n) is 3.64. The second-order valence-corrected chi connectivity index (χ2v) is 3.64. The van der Waals surface area contributed by atoms with Gasteiger partial charge in [0.15, 0.2) is 5.82 Å². The van der Waals surface area contributed by atoms with E-state index in [0.717, 1.165) is 0 Å². The normalized spacial score (nSPS) is 10.1. The maximum absolute atomic E-state index is 11.8. The van der Waals surface area contributed by atoms with E-state index < -0.39 is 0 Å². The van der Waals surface area contributed by atoms with Crippen LogP contribution in [0.15, 0.2) is 28.8 Å². The summed E-state index contributed by atoms with van der Waals surface area (Å²) in [5.74, 6) is 1.35. The molecule has 1 heterocycles. The highest BCUT2D eigenvalue weighted by Crippen LogP contribution is 2.12. The average molecular weight is 247 g/mol. The summed E-state index contributed by atoms with van der Waals surface area (Å²) in [6, 6.07) is 6.90. The van der Waals surface area contributed by atoms with Crippen LogP contribution in [0.3, 0.4) is 0 Å². The number of benzene rings is 1. The van der Waals surface area contributed by atoms with Crippen molar-refractivity contribution in [1.82, 2.24) is 15.5 Å². The Hall–Kier alpha value is -2.37. The SMILES string of the molecule is COc1cccc(C(=O)NCc2noc(C)n2)c1. The van der Waals surface area contributed by atoms with Crippen molar-refractivity contribution in [1.29, 1.82) is 0 Å². The van der Waals surface area contributed by atoms with Crippen LogP contribution in [0, 0.1) is 6.92 Å². The van der Waals surface area contributed by atoms with Gasteiger partial charge in [0.2, 0.25) is 5.89 Å². The third-order valence-electron chi connectivity index (χ3n) is 2.31. The number of hydrogen-bond acceptors (Lipinski definition) is 5. The smallest absolute Gasteiger partial charge is 0.251 e. The molecule has 0 aliphatic carbocycles. The van der Waals surface area contributed by atoms with Gasteiger partial charge in [0.1, 0.15) is 5.75 Å². The Morgan fingerprint density at radius 2 is 2.33 bits per heavy atom. The summed E-state index contributed by atoms with van der Waals surface area (Å²) in [5.41, 5.74) is 0.523. The van der Waals surface area contributed by atoms with E-state index in [0.29, 0.717) is 23.0 Å². The first-order valence-corrected chi connectivity index (χ1v) is 5.40. The van der Waals surface area contributed by atoms with Crippen LogP contribution in [0.2, 0.25) is 0 Å². The number of methoxy groups -OCH3 is 1. The lowest BCUT2D eigenvalue weighted by Gasteiger charge is -2.04. The molecule has 6 heteroatoms. The lowest BCUT2D eigenvalue weighted by Crippen LogP contribution is -2.23. The van der Waals surface area contributed by atoms with Crippen LogP contribution in [-0.2, 0) is 6.54 Å². The number of rotatable bonds is 4. The van der Waals surface area contributed by atoms with E-state index in [1.807, 2.05) is 0 Å². The molecule has 0 saturated carbocycles. The number of aromatic nitrogens is 2. The predicted octanol–water partition coefficient (Wildman–Crippen LogP) is 1.32. The number of amides is 1. The standard InChI is InChI=1S/C12H13N3O3/c1-8-14-11(15-18-8)7-13-12(16)9-4-3-5-10(6-9)17-2/h3-6H,7H2,1-2H3,(H,13,16). The van der Waals surface area contributed by atoms with Crippen molar-refractivity contribution in [3.8, 4) is 5.75 Å². The summed E-state index contributed by atoms with van der Waals surface area (Å²) in [4.78, 5) is 15.8. The Bertz CT molecular complexity index is 551. The van der Waals surface area contributed by atoms with Crippen LogP contribution in [0.5, 0.6) is 5.75 Å². The fraction of sp³-hybridized carbons (Fsp3) is 0.250. The summed E-state index contributed by atoms with van der Waals surface area (Å²) < 4.78 is 9.86. The van der Waals surface area contributed by atoms with E-state index in [1.54, 1.807) is 38.3 Å². The Labute approximate surface area is 104 Å². The molecule has 1 aromatic heterocycles. The Balaban J connectivity index is 1.99. The summed E-state index contributed by atoms with van der Waals surface area (Å²) in [6.45, 7) is 1.92. The van der Waals surface area contributed by atoms with E-state index in [2.05, 4.69) is 15.5 Å². The Morgan fingerprint density at radius 1 is 1.50 bits per heavy atom. The molecule has 0 saturated heterocycles. The molecule has 0 fully saturated rings. The van der Waals surface area contributed by atoms with Gasteiger partial charge in [0.05, 0.1) is 13.7 Å². The van der Waals surface area contributed by atoms with Crippen molar-refractivity contribution in [3.63, 3.8) is 0 Å². The highest BCUT2D eigenvalue weighted by atomic mass is 16.5. The zero-order valence-electron chi connectivity index (χ0n) is 10.1. The van der Waals surface area contributed by atoms with Gasteiger partial charge in [-0.3, -0.25) is 4.79 Å².